The molecule has 0 unspecified atom stereocenters. The lowest BCUT2D eigenvalue weighted by atomic mass is 9.88. The van der Waals surface area contributed by atoms with Gasteiger partial charge >= 0.3 is 0 Å². The van der Waals surface area contributed by atoms with Crippen molar-refractivity contribution in [3.63, 3.8) is 0 Å². The van der Waals surface area contributed by atoms with Crippen molar-refractivity contribution in [3.05, 3.63) is 11.6 Å². The Kier molecular flexibility index (Phi) is 2.20. The lowest BCUT2D eigenvalue weighted by molar-refractivity contribution is -0.169. The monoisotopic (exact) mass is 168 g/mol. The van der Waals surface area contributed by atoms with Gasteiger partial charge in [0.15, 0.2) is 6.29 Å². The van der Waals surface area contributed by atoms with Gasteiger partial charge in [-0.2, -0.15) is 0 Å². The first kappa shape index (κ1) is 8.27. The molecule has 1 aliphatic heterocycles. The van der Waals surface area contributed by atoms with E-state index in [4.69, 9.17) is 9.47 Å². The molecule has 2 heteroatoms. The van der Waals surface area contributed by atoms with E-state index < -0.39 is 0 Å². The maximum atomic E-state index is 5.55. The molecular weight excluding hydrogens is 152 g/mol. The predicted octanol–water partition coefficient (Wildman–Crippen LogP) is 1.96. The molecule has 1 fully saturated rings. The second kappa shape index (κ2) is 3.19. The first-order valence-corrected chi connectivity index (χ1v) is 4.62. The lowest BCUT2D eigenvalue weighted by Crippen LogP contribution is -2.32. The second-order valence-corrected chi connectivity index (χ2v) is 3.78. The van der Waals surface area contributed by atoms with Crippen LogP contribution in [-0.4, -0.2) is 20.0 Å². The van der Waals surface area contributed by atoms with Crippen LogP contribution >= 0.6 is 0 Å². The van der Waals surface area contributed by atoms with Gasteiger partial charge in [-0.25, -0.2) is 0 Å². The Balaban J connectivity index is 1.98. The molecule has 0 N–H and O–H groups in total. The summed E-state index contributed by atoms with van der Waals surface area (Å²) in [4.78, 5) is 0. The lowest BCUT2D eigenvalue weighted by Gasteiger charge is -2.32. The molecule has 2 nitrogen and oxygen atoms in total. The number of hydrogen-bond donors (Lipinski definition) is 0. The molecule has 0 aromatic rings. The number of rotatable bonds is 1. The number of fused-ring (bicyclic) bond motifs is 1. The third-order valence-corrected chi connectivity index (χ3v) is 3.12. The molecule has 0 aromatic heterocycles. The van der Waals surface area contributed by atoms with Crippen molar-refractivity contribution < 1.29 is 9.47 Å². The average Bonchev–Trinajstić information content (AvgIpc) is 2.47. The van der Waals surface area contributed by atoms with Crippen molar-refractivity contribution >= 4 is 0 Å². The van der Waals surface area contributed by atoms with E-state index in [0.717, 1.165) is 18.9 Å². The fourth-order valence-corrected chi connectivity index (χ4v) is 2.24. The van der Waals surface area contributed by atoms with Crippen LogP contribution in [0.4, 0.5) is 0 Å². The zero-order valence-electron chi connectivity index (χ0n) is 7.75. The highest BCUT2D eigenvalue weighted by Crippen LogP contribution is 2.38. The van der Waals surface area contributed by atoms with E-state index in [2.05, 4.69) is 13.0 Å². The summed E-state index contributed by atoms with van der Waals surface area (Å²) in [5, 5.41) is 0. The molecule has 2 aliphatic rings. The highest BCUT2D eigenvalue weighted by atomic mass is 16.7. The van der Waals surface area contributed by atoms with E-state index in [1.54, 1.807) is 7.11 Å². The Labute approximate surface area is 73.5 Å². The first-order chi connectivity index (χ1) is 5.81. The normalized spacial score (nSPS) is 40.8. The van der Waals surface area contributed by atoms with Gasteiger partial charge in [0.2, 0.25) is 0 Å². The third kappa shape index (κ3) is 1.29. The molecule has 68 valence electrons. The van der Waals surface area contributed by atoms with E-state index >= 15 is 0 Å². The van der Waals surface area contributed by atoms with Crippen molar-refractivity contribution in [2.75, 3.05) is 13.7 Å². The standard InChI is InChI=1S/C10H16O2/c1-7-3-4-8-5-10(11-2)12-6-9(7)8/h3,8-10H,4-6H2,1-2H3/t8-,9-,10-/m0/s1. The van der Waals surface area contributed by atoms with Crippen molar-refractivity contribution in [2.24, 2.45) is 11.8 Å². The molecule has 0 spiro atoms. The quantitative estimate of drug-likeness (QED) is 0.557. The minimum atomic E-state index is 0.0468. The van der Waals surface area contributed by atoms with Crippen molar-refractivity contribution in [1.82, 2.24) is 0 Å². The van der Waals surface area contributed by atoms with Crippen LogP contribution in [0.5, 0.6) is 0 Å². The highest BCUT2D eigenvalue weighted by molar-refractivity contribution is 5.13. The van der Waals surface area contributed by atoms with Crippen LogP contribution in [0.1, 0.15) is 19.8 Å². The number of ether oxygens (including phenoxy) is 2. The van der Waals surface area contributed by atoms with E-state index in [1.165, 1.54) is 12.0 Å². The van der Waals surface area contributed by atoms with Gasteiger partial charge in [0.25, 0.3) is 0 Å². The van der Waals surface area contributed by atoms with E-state index in [9.17, 15) is 0 Å². The van der Waals surface area contributed by atoms with Gasteiger partial charge in [-0.05, 0) is 19.3 Å². The predicted molar refractivity (Wildman–Crippen MR) is 46.7 cm³/mol. The van der Waals surface area contributed by atoms with Gasteiger partial charge in [0, 0.05) is 19.4 Å². The smallest absolute Gasteiger partial charge is 0.157 e. The number of allylic oxidation sites excluding steroid dienone is 1. The molecule has 0 amide bonds. The summed E-state index contributed by atoms with van der Waals surface area (Å²) in [6.07, 6.45) is 4.68. The van der Waals surface area contributed by atoms with Crippen LogP contribution in [0, 0.1) is 11.8 Å². The van der Waals surface area contributed by atoms with Crippen molar-refractivity contribution in [1.29, 1.82) is 0 Å². The summed E-state index contributed by atoms with van der Waals surface area (Å²) in [5.74, 6) is 1.46. The maximum absolute atomic E-state index is 5.55. The molecule has 0 saturated carbocycles. The fourth-order valence-electron chi connectivity index (χ4n) is 2.24. The van der Waals surface area contributed by atoms with Gasteiger partial charge in [-0.15, -0.1) is 0 Å². The first-order valence-electron chi connectivity index (χ1n) is 4.62. The highest BCUT2D eigenvalue weighted by Gasteiger charge is 2.34. The number of hydrogen-bond acceptors (Lipinski definition) is 2. The molecule has 3 atom stereocenters. The minimum Gasteiger partial charge on any atom is -0.356 e. The maximum Gasteiger partial charge on any atom is 0.157 e. The largest absolute Gasteiger partial charge is 0.356 e. The molecular formula is C10H16O2. The molecule has 0 bridgehead atoms. The Morgan fingerprint density at radius 3 is 3.17 bits per heavy atom. The van der Waals surface area contributed by atoms with E-state index in [-0.39, 0.29) is 6.29 Å². The second-order valence-electron chi connectivity index (χ2n) is 3.78. The van der Waals surface area contributed by atoms with Crippen molar-refractivity contribution in [3.8, 4) is 0 Å². The van der Waals surface area contributed by atoms with Crippen LogP contribution in [-0.2, 0) is 9.47 Å². The van der Waals surface area contributed by atoms with Gasteiger partial charge in [-0.1, -0.05) is 11.6 Å². The zero-order valence-corrected chi connectivity index (χ0v) is 7.75. The molecule has 1 aliphatic carbocycles. The minimum absolute atomic E-state index is 0.0468. The number of methoxy groups -OCH3 is 1. The topological polar surface area (TPSA) is 18.5 Å². The van der Waals surface area contributed by atoms with Crippen LogP contribution in [0.25, 0.3) is 0 Å². The van der Waals surface area contributed by atoms with Crippen LogP contribution in [0.3, 0.4) is 0 Å². The molecule has 0 aromatic carbocycles. The Hall–Kier alpha value is -0.340. The van der Waals surface area contributed by atoms with Gasteiger partial charge in [0.05, 0.1) is 6.61 Å². The third-order valence-electron chi connectivity index (χ3n) is 3.12. The van der Waals surface area contributed by atoms with Gasteiger partial charge in [0.1, 0.15) is 0 Å². The average molecular weight is 168 g/mol. The summed E-state index contributed by atoms with van der Waals surface area (Å²) >= 11 is 0. The molecule has 2 rings (SSSR count). The fraction of sp³-hybridized carbons (Fsp3) is 0.800. The summed E-state index contributed by atoms with van der Waals surface area (Å²) in [6, 6.07) is 0. The Morgan fingerprint density at radius 2 is 2.42 bits per heavy atom. The van der Waals surface area contributed by atoms with Gasteiger partial charge in [-0.3, -0.25) is 0 Å². The summed E-state index contributed by atoms with van der Waals surface area (Å²) in [6.45, 7) is 3.06. The summed E-state index contributed by atoms with van der Waals surface area (Å²) in [7, 11) is 1.72. The zero-order chi connectivity index (χ0) is 8.55. The van der Waals surface area contributed by atoms with Crippen LogP contribution in [0.15, 0.2) is 11.6 Å². The molecule has 1 saturated heterocycles. The van der Waals surface area contributed by atoms with Crippen LogP contribution < -0.4 is 0 Å². The van der Waals surface area contributed by atoms with Gasteiger partial charge < -0.3 is 9.47 Å². The molecule has 12 heavy (non-hydrogen) atoms. The molecule has 0 radical (unpaired) electrons. The molecule has 1 heterocycles. The SMILES string of the molecule is CO[C@@H]1C[C@@H]2CC=C(C)[C@@H]2CO1. The summed E-state index contributed by atoms with van der Waals surface area (Å²) < 4.78 is 10.7. The van der Waals surface area contributed by atoms with Crippen molar-refractivity contribution in [2.45, 2.75) is 26.1 Å². The van der Waals surface area contributed by atoms with E-state index in [0.29, 0.717) is 5.92 Å². The summed E-state index contributed by atoms with van der Waals surface area (Å²) in [5.41, 5.74) is 1.51. The Morgan fingerprint density at radius 1 is 1.58 bits per heavy atom. The Bertz CT molecular complexity index is 198. The van der Waals surface area contributed by atoms with E-state index in [1.807, 2.05) is 0 Å². The van der Waals surface area contributed by atoms with Crippen LogP contribution in [0.2, 0.25) is 0 Å².